The molecule has 5 heteroatoms. The minimum absolute atomic E-state index is 0.0708. The highest BCUT2D eigenvalue weighted by atomic mass is 16.5. The highest BCUT2D eigenvalue weighted by Crippen LogP contribution is 2.37. The first-order valence-corrected chi connectivity index (χ1v) is 7.03. The molecule has 0 saturated heterocycles. The maximum absolute atomic E-state index is 12.5. The van der Waals surface area contributed by atoms with E-state index in [1.165, 1.54) is 6.07 Å². The van der Waals surface area contributed by atoms with Crippen molar-refractivity contribution in [2.75, 3.05) is 14.2 Å². The van der Waals surface area contributed by atoms with Crippen molar-refractivity contribution in [3.05, 3.63) is 52.8 Å². The van der Waals surface area contributed by atoms with Crippen LogP contribution in [0.2, 0.25) is 0 Å². The fourth-order valence-electron chi connectivity index (χ4n) is 2.58. The van der Waals surface area contributed by atoms with Gasteiger partial charge in [0.2, 0.25) is 5.78 Å². The molecule has 2 aromatic carbocycles. The number of rotatable bonds is 3. The molecule has 118 valence electrons. The molecule has 3 rings (SSSR count). The summed E-state index contributed by atoms with van der Waals surface area (Å²) in [4.78, 5) is 12.5. The van der Waals surface area contributed by atoms with Crippen molar-refractivity contribution in [1.82, 2.24) is 0 Å². The van der Waals surface area contributed by atoms with Gasteiger partial charge in [0.15, 0.2) is 17.3 Å². The van der Waals surface area contributed by atoms with Crippen LogP contribution in [0.25, 0.3) is 6.08 Å². The third-order valence-electron chi connectivity index (χ3n) is 3.66. The Morgan fingerprint density at radius 1 is 1.09 bits per heavy atom. The van der Waals surface area contributed by atoms with Crippen LogP contribution in [0, 0.1) is 6.92 Å². The van der Waals surface area contributed by atoms with E-state index in [4.69, 9.17) is 14.2 Å². The number of fused-ring (bicyclic) bond motifs is 1. The Morgan fingerprint density at radius 2 is 1.83 bits per heavy atom. The van der Waals surface area contributed by atoms with E-state index in [1.807, 2.05) is 0 Å². The van der Waals surface area contributed by atoms with Crippen LogP contribution < -0.4 is 14.2 Å². The van der Waals surface area contributed by atoms with Gasteiger partial charge in [0, 0.05) is 6.07 Å². The molecule has 0 atom stereocenters. The largest absolute Gasteiger partial charge is 0.508 e. The van der Waals surface area contributed by atoms with Gasteiger partial charge in [0.05, 0.1) is 19.8 Å². The van der Waals surface area contributed by atoms with Crippen LogP contribution in [0.15, 0.2) is 36.1 Å². The normalized spacial score (nSPS) is 14.6. The van der Waals surface area contributed by atoms with E-state index in [-0.39, 0.29) is 17.3 Å². The number of ether oxygens (including phenoxy) is 3. The molecule has 0 fully saturated rings. The molecule has 1 aliphatic rings. The second-order valence-corrected chi connectivity index (χ2v) is 5.19. The maximum Gasteiger partial charge on any atom is 0.232 e. The van der Waals surface area contributed by atoms with Crippen LogP contribution in [0.4, 0.5) is 0 Å². The van der Waals surface area contributed by atoms with Gasteiger partial charge < -0.3 is 19.3 Å². The average molecular weight is 312 g/mol. The molecule has 1 heterocycles. The molecule has 1 aliphatic heterocycles. The first-order chi connectivity index (χ1) is 11.0. The van der Waals surface area contributed by atoms with Gasteiger partial charge in [-0.1, -0.05) is 6.07 Å². The number of hydrogen-bond acceptors (Lipinski definition) is 5. The number of benzene rings is 2. The number of methoxy groups -OCH3 is 2. The molecule has 0 radical (unpaired) electrons. The topological polar surface area (TPSA) is 65.0 Å². The Labute approximate surface area is 133 Å². The van der Waals surface area contributed by atoms with Crippen molar-refractivity contribution >= 4 is 11.9 Å². The van der Waals surface area contributed by atoms with Crippen LogP contribution in [-0.4, -0.2) is 25.1 Å². The summed E-state index contributed by atoms with van der Waals surface area (Å²) < 4.78 is 16.0. The van der Waals surface area contributed by atoms with Crippen LogP contribution in [-0.2, 0) is 0 Å². The first-order valence-electron chi connectivity index (χ1n) is 7.03. The van der Waals surface area contributed by atoms with Crippen LogP contribution in [0.5, 0.6) is 23.0 Å². The fourth-order valence-corrected chi connectivity index (χ4v) is 2.58. The van der Waals surface area contributed by atoms with E-state index in [9.17, 15) is 9.90 Å². The molecule has 2 aromatic rings. The standard InChI is InChI=1S/C18H16O5/c1-10-6-12(19)9-15-17(10)18(20)16(23-15)8-11-4-5-13(21-2)14(7-11)22-3/h4-9,19H,1-3H3. The predicted molar refractivity (Wildman–Crippen MR) is 85.3 cm³/mol. The number of phenols is 1. The lowest BCUT2D eigenvalue weighted by Crippen LogP contribution is -1.99. The number of ketones is 1. The maximum atomic E-state index is 12.5. The summed E-state index contributed by atoms with van der Waals surface area (Å²) in [6.07, 6.45) is 1.64. The molecule has 0 unspecified atom stereocenters. The van der Waals surface area contributed by atoms with Gasteiger partial charge in [0.25, 0.3) is 0 Å². The summed E-state index contributed by atoms with van der Waals surface area (Å²) >= 11 is 0. The van der Waals surface area contributed by atoms with E-state index >= 15 is 0 Å². The Kier molecular flexibility index (Phi) is 3.70. The quantitative estimate of drug-likeness (QED) is 0.881. The van der Waals surface area contributed by atoms with Gasteiger partial charge in [-0.25, -0.2) is 0 Å². The summed E-state index contributed by atoms with van der Waals surface area (Å²) in [7, 11) is 3.11. The minimum Gasteiger partial charge on any atom is -0.508 e. The third kappa shape index (κ3) is 2.61. The number of Topliss-reactive ketones (excluding diaryl/α,β-unsaturated/α-hetero) is 1. The molecule has 0 aliphatic carbocycles. The lowest BCUT2D eigenvalue weighted by atomic mass is 10.0. The molecule has 0 bridgehead atoms. The number of aromatic hydroxyl groups is 1. The molecule has 0 amide bonds. The summed E-state index contributed by atoms with van der Waals surface area (Å²) in [5.74, 6) is 1.63. The Bertz CT molecular complexity index is 820. The molecular weight excluding hydrogens is 296 g/mol. The van der Waals surface area contributed by atoms with Crippen molar-refractivity contribution in [1.29, 1.82) is 0 Å². The highest BCUT2D eigenvalue weighted by Gasteiger charge is 2.29. The van der Waals surface area contributed by atoms with E-state index in [0.29, 0.717) is 28.4 Å². The Balaban J connectivity index is 1.99. The molecule has 0 saturated carbocycles. The molecule has 23 heavy (non-hydrogen) atoms. The van der Waals surface area contributed by atoms with Crippen molar-refractivity contribution < 1.29 is 24.1 Å². The van der Waals surface area contributed by atoms with Crippen molar-refractivity contribution in [3.8, 4) is 23.0 Å². The first kappa shape index (κ1) is 15.0. The zero-order chi connectivity index (χ0) is 16.6. The van der Waals surface area contributed by atoms with Crippen molar-refractivity contribution in [2.45, 2.75) is 6.92 Å². The summed E-state index contributed by atoms with van der Waals surface area (Å²) in [6, 6.07) is 8.30. The lowest BCUT2D eigenvalue weighted by molar-refractivity contribution is 0.101. The molecular formula is C18H16O5. The Hall–Kier alpha value is -2.95. The number of carbonyl (C=O) groups is 1. The summed E-state index contributed by atoms with van der Waals surface area (Å²) in [5.41, 5.74) is 1.91. The van der Waals surface area contributed by atoms with E-state index < -0.39 is 0 Å². The molecule has 0 aromatic heterocycles. The zero-order valence-electron chi connectivity index (χ0n) is 13.0. The van der Waals surface area contributed by atoms with E-state index in [1.54, 1.807) is 51.5 Å². The van der Waals surface area contributed by atoms with Crippen LogP contribution >= 0.6 is 0 Å². The number of aryl methyl sites for hydroxylation is 1. The SMILES string of the molecule is COc1ccc(C=C2Oc3cc(O)cc(C)c3C2=O)cc1OC. The van der Waals surface area contributed by atoms with E-state index in [2.05, 4.69) is 0 Å². The fraction of sp³-hybridized carbons (Fsp3) is 0.167. The number of phenolic OH excluding ortho intramolecular Hbond substituents is 1. The monoisotopic (exact) mass is 312 g/mol. The van der Waals surface area contributed by atoms with Gasteiger partial charge in [-0.3, -0.25) is 4.79 Å². The van der Waals surface area contributed by atoms with Crippen molar-refractivity contribution in [2.24, 2.45) is 0 Å². The summed E-state index contributed by atoms with van der Waals surface area (Å²) in [6.45, 7) is 1.76. The van der Waals surface area contributed by atoms with Crippen LogP contribution in [0.3, 0.4) is 0 Å². The minimum atomic E-state index is -0.202. The van der Waals surface area contributed by atoms with Gasteiger partial charge in [-0.2, -0.15) is 0 Å². The third-order valence-corrected chi connectivity index (χ3v) is 3.66. The lowest BCUT2D eigenvalue weighted by Gasteiger charge is -2.08. The van der Waals surface area contributed by atoms with Crippen molar-refractivity contribution in [3.63, 3.8) is 0 Å². The smallest absolute Gasteiger partial charge is 0.232 e. The second kappa shape index (κ2) is 5.68. The van der Waals surface area contributed by atoms with Gasteiger partial charge in [0.1, 0.15) is 11.5 Å². The van der Waals surface area contributed by atoms with Gasteiger partial charge >= 0.3 is 0 Å². The molecule has 0 spiro atoms. The van der Waals surface area contributed by atoms with Gasteiger partial charge in [-0.15, -0.1) is 0 Å². The number of carbonyl (C=O) groups excluding carboxylic acids is 1. The second-order valence-electron chi connectivity index (χ2n) is 5.19. The van der Waals surface area contributed by atoms with E-state index in [0.717, 1.165) is 5.56 Å². The summed E-state index contributed by atoms with van der Waals surface area (Å²) in [5, 5.41) is 9.62. The molecule has 1 N–H and O–H groups in total. The number of allylic oxidation sites excluding steroid dienone is 1. The highest BCUT2D eigenvalue weighted by molar-refractivity contribution is 6.15. The van der Waals surface area contributed by atoms with Crippen LogP contribution in [0.1, 0.15) is 21.5 Å². The molecule has 5 nitrogen and oxygen atoms in total. The Morgan fingerprint density at radius 3 is 2.52 bits per heavy atom. The average Bonchev–Trinajstić information content (AvgIpc) is 2.83. The zero-order valence-corrected chi connectivity index (χ0v) is 13.0. The predicted octanol–water partition coefficient (Wildman–Crippen LogP) is 3.33. The number of hydrogen-bond donors (Lipinski definition) is 1. The van der Waals surface area contributed by atoms with Gasteiger partial charge in [-0.05, 0) is 42.3 Å².